The Morgan fingerprint density at radius 3 is 2.19 bits per heavy atom. The molecular weight excluding hydrogens is 286 g/mol. The number of sulfonamides is 1. The number of hydrogen-bond donors (Lipinski definition) is 2. The third-order valence-corrected chi connectivity index (χ3v) is 5.92. The smallest absolute Gasteiger partial charge is 0.243 e. The number of aryl methyl sites for hydroxylation is 2. The van der Waals surface area contributed by atoms with Crippen molar-refractivity contribution in [2.24, 2.45) is 11.8 Å². The van der Waals surface area contributed by atoms with Gasteiger partial charge in [0.05, 0.1) is 4.90 Å². The quantitative estimate of drug-likeness (QED) is 0.625. The molecule has 6 heteroatoms. The summed E-state index contributed by atoms with van der Waals surface area (Å²) >= 11 is 0. The first-order chi connectivity index (χ1) is 9.77. The highest BCUT2D eigenvalue weighted by Crippen LogP contribution is 2.35. The van der Waals surface area contributed by atoms with Gasteiger partial charge in [-0.2, -0.15) is 4.31 Å². The molecule has 1 aromatic rings. The molecule has 0 unspecified atom stereocenters. The highest BCUT2D eigenvalue weighted by molar-refractivity contribution is 7.89. The van der Waals surface area contributed by atoms with E-state index in [-0.39, 0.29) is 6.04 Å². The number of nitrogen functional groups attached to an aromatic ring is 1. The Labute approximate surface area is 127 Å². The minimum atomic E-state index is -3.45. The van der Waals surface area contributed by atoms with Gasteiger partial charge in [0.25, 0.3) is 0 Å². The Morgan fingerprint density at radius 1 is 1.29 bits per heavy atom. The van der Waals surface area contributed by atoms with Gasteiger partial charge in [0.1, 0.15) is 0 Å². The summed E-state index contributed by atoms with van der Waals surface area (Å²) in [5.74, 6) is 5.73. The lowest BCUT2D eigenvalue weighted by molar-refractivity contribution is 0.359. The summed E-state index contributed by atoms with van der Waals surface area (Å²) in [5, 5.41) is 0. The molecule has 21 heavy (non-hydrogen) atoms. The standard InChI is InChI=1S/C15H25N3O2S/c1-10(2)9-18(14-5-6-14)21(19,20)15-11(3)7-13(17-16)8-12(15)4/h7-8,10,14,17H,5-6,9,16H2,1-4H3. The maximum absolute atomic E-state index is 13.1. The van der Waals surface area contributed by atoms with Crippen molar-refractivity contribution in [1.29, 1.82) is 0 Å². The van der Waals surface area contributed by atoms with Gasteiger partial charge < -0.3 is 5.43 Å². The first-order valence-electron chi connectivity index (χ1n) is 7.37. The molecule has 0 bridgehead atoms. The Bertz CT molecular complexity index is 599. The van der Waals surface area contributed by atoms with E-state index in [0.29, 0.717) is 17.4 Å². The molecule has 1 aliphatic carbocycles. The summed E-state index contributed by atoms with van der Waals surface area (Å²) in [4.78, 5) is 0.425. The highest BCUT2D eigenvalue weighted by Gasteiger charge is 2.39. The highest BCUT2D eigenvalue weighted by atomic mass is 32.2. The average Bonchev–Trinajstić information content (AvgIpc) is 3.18. The predicted octanol–water partition coefficient (Wildman–Crippen LogP) is 2.40. The van der Waals surface area contributed by atoms with Crippen molar-refractivity contribution in [2.75, 3.05) is 12.0 Å². The first-order valence-corrected chi connectivity index (χ1v) is 8.81. The molecule has 0 aliphatic heterocycles. The van der Waals surface area contributed by atoms with Crippen LogP contribution in [0.3, 0.4) is 0 Å². The molecular formula is C15H25N3O2S. The van der Waals surface area contributed by atoms with Crippen LogP contribution in [0.15, 0.2) is 17.0 Å². The van der Waals surface area contributed by atoms with Gasteiger partial charge in [-0.15, -0.1) is 0 Å². The van der Waals surface area contributed by atoms with E-state index in [1.165, 1.54) is 0 Å². The van der Waals surface area contributed by atoms with Gasteiger partial charge in [0.2, 0.25) is 10.0 Å². The van der Waals surface area contributed by atoms with E-state index in [2.05, 4.69) is 5.43 Å². The minimum absolute atomic E-state index is 0.170. The van der Waals surface area contributed by atoms with Crippen LogP contribution in [-0.2, 0) is 10.0 Å². The second-order valence-corrected chi connectivity index (χ2v) is 8.11. The Kier molecular flexibility index (Phi) is 4.60. The molecule has 0 atom stereocenters. The normalized spacial score (nSPS) is 15.8. The van der Waals surface area contributed by atoms with Crippen LogP contribution in [0.1, 0.15) is 37.8 Å². The van der Waals surface area contributed by atoms with Crippen molar-refractivity contribution in [3.63, 3.8) is 0 Å². The van der Waals surface area contributed by atoms with Crippen LogP contribution < -0.4 is 11.3 Å². The van der Waals surface area contributed by atoms with Crippen LogP contribution in [-0.4, -0.2) is 25.3 Å². The third-order valence-electron chi connectivity index (χ3n) is 3.69. The van der Waals surface area contributed by atoms with Crippen molar-refractivity contribution >= 4 is 15.7 Å². The molecule has 1 fully saturated rings. The molecule has 1 saturated carbocycles. The molecule has 0 spiro atoms. The average molecular weight is 311 g/mol. The lowest BCUT2D eigenvalue weighted by Crippen LogP contribution is -2.36. The number of rotatable bonds is 6. The minimum Gasteiger partial charge on any atom is -0.324 e. The van der Waals surface area contributed by atoms with Gasteiger partial charge in [-0.05, 0) is 55.9 Å². The van der Waals surface area contributed by atoms with E-state index in [0.717, 1.165) is 29.7 Å². The molecule has 5 nitrogen and oxygen atoms in total. The summed E-state index contributed by atoms with van der Waals surface area (Å²) in [7, 11) is -3.45. The lowest BCUT2D eigenvalue weighted by atomic mass is 10.1. The predicted molar refractivity (Wildman–Crippen MR) is 85.5 cm³/mol. The topological polar surface area (TPSA) is 75.4 Å². The molecule has 0 aromatic heterocycles. The molecule has 0 radical (unpaired) electrons. The van der Waals surface area contributed by atoms with Crippen molar-refractivity contribution in [3.05, 3.63) is 23.3 Å². The van der Waals surface area contributed by atoms with Gasteiger partial charge in [-0.3, -0.25) is 5.84 Å². The Hall–Kier alpha value is -1.11. The Balaban J connectivity index is 2.47. The van der Waals surface area contributed by atoms with Crippen molar-refractivity contribution < 1.29 is 8.42 Å². The van der Waals surface area contributed by atoms with Crippen LogP contribution >= 0.6 is 0 Å². The lowest BCUT2D eigenvalue weighted by Gasteiger charge is -2.26. The number of benzene rings is 1. The van der Waals surface area contributed by atoms with Crippen LogP contribution in [0, 0.1) is 19.8 Å². The van der Waals surface area contributed by atoms with Gasteiger partial charge in [-0.25, -0.2) is 8.42 Å². The third kappa shape index (κ3) is 3.39. The summed E-state index contributed by atoms with van der Waals surface area (Å²) in [5.41, 5.74) is 4.77. The van der Waals surface area contributed by atoms with Crippen LogP contribution in [0.2, 0.25) is 0 Å². The number of anilines is 1. The molecule has 118 valence electrons. The van der Waals surface area contributed by atoms with Crippen molar-refractivity contribution in [3.8, 4) is 0 Å². The molecule has 1 aromatic carbocycles. The van der Waals surface area contributed by atoms with Crippen molar-refractivity contribution in [2.45, 2.75) is 51.5 Å². The van der Waals surface area contributed by atoms with Crippen LogP contribution in [0.4, 0.5) is 5.69 Å². The van der Waals surface area contributed by atoms with E-state index < -0.39 is 10.0 Å². The molecule has 3 N–H and O–H groups in total. The first kappa shape index (κ1) is 16.3. The molecule has 2 rings (SSSR count). The zero-order chi connectivity index (χ0) is 15.8. The molecule has 1 aliphatic rings. The molecule has 0 heterocycles. The van der Waals surface area contributed by atoms with E-state index >= 15 is 0 Å². The molecule has 0 saturated heterocycles. The fourth-order valence-electron chi connectivity index (χ4n) is 2.72. The number of hydrogen-bond acceptors (Lipinski definition) is 4. The molecule has 0 amide bonds. The number of nitrogens with zero attached hydrogens (tertiary/aromatic N) is 1. The summed E-state index contributed by atoms with van der Waals surface area (Å²) in [6.07, 6.45) is 1.93. The summed E-state index contributed by atoms with van der Waals surface area (Å²) in [6, 6.07) is 3.73. The maximum Gasteiger partial charge on any atom is 0.243 e. The van der Waals surface area contributed by atoms with E-state index in [1.54, 1.807) is 16.4 Å². The fraction of sp³-hybridized carbons (Fsp3) is 0.600. The zero-order valence-corrected chi connectivity index (χ0v) is 14.0. The van der Waals surface area contributed by atoms with Gasteiger partial charge in [-0.1, -0.05) is 13.8 Å². The fourth-order valence-corrected chi connectivity index (χ4v) is 4.99. The number of nitrogens with two attached hydrogens (primary N) is 1. The van der Waals surface area contributed by atoms with E-state index in [9.17, 15) is 8.42 Å². The van der Waals surface area contributed by atoms with Gasteiger partial charge in [0.15, 0.2) is 0 Å². The van der Waals surface area contributed by atoms with Crippen LogP contribution in [0.5, 0.6) is 0 Å². The maximum atomic E-state index is 13.1. The second-order valence-electron chi connectivity index (χ2n) is 6.28. The summed E-state index contributed by atoms with van der Waals surface area (Å²) < 4.78 is 27.8. The van der Waals surface area contributed by atoms with Crippen LogP contribution in [0.25, 0.3) is 0 Å². The van der Waals surface area contributed by atoms with E-state index in [4.69, 9.17) is 5.84 Å². The number of hydrazine groups is 1. The summed E-state index contributed by atoms with van der Waals surface area (Å²) in [6.45, 7) is 8.31. The SMILES string of the molecule is Cc1cc(NN)cc(C)c1S(=O)(=O)N(CC(C)C)C1CC1. The van der Waals surface area contributed by atoms with Crippen molar-refractivity contribution in [1.82, 2.24) is 4.31 Å². The van der Waals surface area contributed by atoms with Gasteiger partial charge in [0, 0.05) is 18.3 Å². The van der Waals surface area contributed by atoms with E-state index in [1.807, 2.05) is 27.7 Å². The zero-order valence-electron chi connectivity index (χ0n) is 13.2. The Morgan fingerprint density at radius 2 is 1.81 bits per heavy atom. The second kappa shape index (κ2) is 5.94. The van der Waals surface area contributed by atoms with Gasteiger partial charge >= 0.3 is 0 Å². The monoisotopic (exact) mass is 311 g/mol. The number of nitrogens with one attached hydrogen (secondary N) is 1. The largest absolute Gasteiger partial charge is 0.324 e.